The van der Waals surface area contributed by atoms with Crippen LogP contribution in [0.5, 0.6) is 0 Å². The largest absolute Gasteiger partial charge is 0.375 e. The number of benzene rings is 1. The van der Waals surface area contributed by atoms with Gasteiger partial charge in [-0.1, -0.05) is 36.4 Å². The van der Waals surface area contributed by atoms with E-state index in [1.54, 1.807) is 11.0 Å². The van der Waals surface area contributed by atoms with Gasteiger partial charge < -0.3 is 9.64 Å². The molecule has 1 aromatic heterocycles. The van der Waals surface area contributed by atoms with Gasteiger partial charge in [-0.15, -0.1) is 11.3 Å². The summed E-state index contributed by atoms with van der Waals surface area (Å²) in [7, 11) is 0. The van der Waals surface area contributed by atoms with Crippen LogP contribution in [0.4, 0.5) is 8.78 Å². The maximum atomic E-state index is 14.0. The van der Waals surface area contributed by atoms with Crippen molar-refractivity contribution >= 4 is 17.2 Å². The maximum Gasteiger partial charge on any atom is 0.264 e. The number of carbonyl (C=O) groups is 1. The van der Waals surface area contributed by atoms with Crippen LogP contribution in [-0.2, 0) is 11.3 Å². The second-order valence-corrected chi connectivity index (χ2v) is 8.18. The highest BCUT2D eigenvalue weighted by molar-refractivity contribution is 7.12. The smallest absolute Gasteiger partial charge is 0.264 e. The van der Waals surface area contributed by atoms with Crippen molar-refractivity contribution in [2.24, 2.45) is 0 Å². The van der Waals surface area contributed by atoms with E-state index in [4.69, 9.17) is 4.74 Å². The van der Waals surface area contributed by atoms with Gasteiger partial charge in [-0.05, 0) is 17.0 Å². The highest BCUT2D eigenvalue weighted by atomic mass is 32.1. The van der Waals surface area contributed by atoms with Crippen LogP contribution in [0.1, 0.15) is 21.7 Å². The third-order valence-corrected chi connectivity index (χ3v) is 6.05. The molecule has 4 nitrogen and oxygen atoms in total. The molecule has 2 aromatic rings. The molecular weight excluding hydrogens is 370 g/mol. The molecule has 3 heterocycles. The normalized spacial score (nSPS) is 22.7. The summed E-state index contributed by atoms with van der Waals surface area (Å²) in [6.45, 7) is 1.45. The van der Waals surface area contributed by atoms with Gasteiger partial charge in [-0.3, -0.25) is 9.69 Å². The molecule has 0 N–H and O–H groups in total. The topological polar surface area (TPSA) is 32.8 Å². The summed E-state index contributed by atoms with van der Waals surface area (Å²) < 4.78 is 33.8. The minimum absolute atomic E-state index is 0.0101. The predicted molar refractivity (Wildman–Crippen MR) is 100 cm³/mol. The van der Waals surface area contributed by atoms with E-state index in [0.29, 0.717) is 24.6 Å². The van der Waals surface area contributed by atoms with Crippen LogP contribution >= 0.6 is 11.3 Å². The van der Waals surface area contributed by atoms with Crippen LogP contribution in [0.15, 0.2) is 47.8 Å². The molecule has 0 spiro atoms. The summed E-state index contributed by atoms with van der Waals surface area (Å²) in [5, 5.41) is 1.87. The molecule has 0 aliphatic carbocycles. The summed E-state index contributed by atoms with van der Waals surface area (Å²) in [6, 6.07) is 13.0. The Morgan fingerprint density at radius 1 is 1.19 bits per heavy atom. The van der Waals surface area contributed by atoms with Crippen LogP contribution in [0.3, 0.4) is 0 Å². The molecule has 2 aliphatic rings. The van der Waals surface area contributed by atoms with Crippen molar-refractivity contribution in [3.05, 3.63) is 58.3 Å². The molecule has 0 radical (unpaired) electrons. The van der Waals surface area contributed by atoms with Crippen LogP contribution in [0.2, 0.25) is 0 Å². The molecule has 0 bridgehead atoms. The van der Waals surface area contributed by atoms with Gasteiger partial charge in [0.05, 0.1) is 24.6 Å². The lowest BCUT2D eigenvalue weighted by Crippen LogP contribution is -2.62. The molecule has 0 saturated carbocycles. The van der Waals surface area contributed by atoms with Crippen LogP contribution in [0.25, 0.3) is 0 Å². The van der Waals surface area contributed by atoms with Gasteiger partial charge in [0.15, 0.2) is 0 Å². The van der Waals surface area contributed by atoms with Crippen LogP contribution in [-0.4, -0.2) is 60.0 Å². The molecule has 2 fully saturated rings. The second-order valence-electron chi connectivity index (χ2n) is 7.23. The number of hydrogen-bond donors (Lipinski definition) is 0. The van der Waals surface area contributed by atoms with E-state index in [9.17, 15) is 13.6 Å². The number of rotatable bonds is 6. The minimum Gasteiger partial charge on any atom is -0.375 e. The first-order valence-corrected chi connectivity index (χ1v) is 9.98. The number of ether oxygens (including phenoxy) is 1. The van der Waals surface area contributed by atoms with Gasteiger partial charge in [-0.25, -0.2) is 8.78 Å². The Hall–Kier alpha value is -1.83. The number of halogens is 2. The number of alkyl halides is 2. The van der Waals surface area contributed by atoms with E-state index in [0.717, 1.165) is 5.56 Å². The number of hydrogen-bond acceptors (Lipinski definition) is 4. The highest BCUT2D eigenvalue weighted by Crippen LogP contribution is 2.36. The zero-order valence-corrected chi connectivity index (χ0v) is 15.7. The fourth-order valence-corrected chi connectivity index (χ4v) is 4.47. The van der Waals surface area contributed by atoms with Gasteiger partial charge in [0.1, 0.15) is 0 Å². The lowest BCUT2D eigenvalue weighted by Gasteiger charge is -2.45. The van der Waals surface area contributed by atoms with E-state index in [1.165, 1.54) is 11.3 Å². The molecule has 0 unspecified atom stereocenters. The first-order valence-electron chi connectivity index (χ1n) is 9.10. The summed E-state index contributed by atoms with van der Waals surface area (Å²) in [5.74, 6) is -2.71. The Labute approximate surface area is 161 Å². The Kier molecular flexibility index (Phi) is 5.25. The van der Waals surface area contributed by atoms with Crippen molar-refractivity contribution in [2.75, 3.05) is 26.2 Å². The zero-order valence-electron chi connectivity index (χ0n) is 14.9. The van der Waals surface area contributed by atoms with Crippen molar-refractivity contribution in [1.29, 1.82) is 0 Å². The number of thiophene rings is 1. The standard InChI is InChI=1S/C20H22F2N2O2S/c21-20(22)9-16(13-26-12-15-5-2-1-3-6-15)24(14-20)17-10-23(11-17)19(25)18-7-4-8-27-18/h1-8,16-17H,9-14H2/t16-/m0/s1. The average Bonchev–Trinajstić information content (AvgIpc) is 3.23. The monoisotopic (exact) mass is 392 g/mol. The first kappa shape index (κ1) is 18.5. The van der Waals surface area contributed by atoms with Gasteiger partial charge in [0.25, 0.3) is 11.8 Å². The quantitative estimate of drug-likeness (QED) is 0.754. The van der Waals surface area contributed by atoms with E-state index < -0.39 is 5.92 Å². The molecule has 2 aliphatic heterocycles. The van der Waals surface area contributed by atoms with Gasteiger partial charge >= 0.3 is 0 Å². The molecule has 27 heavy (non-hydrogen) atoms. The zero-order chi connectivity index (χ0) is 18.9. The summed E-state index contributed by atoms with van der Waals surface area (Å²) in [4.78, 5) is 16.6. The Bertz CT molecular complexity index is 764. The van der Waals surface area contributed by atoms with Crippen molar-refractivity contribution < 1.29 is 18.3 Å². The van der Waals surface area contributed by atoms with Crippen molar-refractivity contribution in [3.8, 4) is 0 Å². The van der Waals surface area contributed by atoms with E-state index in [2.05, 4.69) is 0 Å². The third kappa shape index (κ3) is 4.20. The predicted octanol–water partition coefficient (Wildman–Crippen LogP) is 3.50. The molecule has 2 saturated heterocycles. The third-order valence-electron chi connectivity index (χ3n) is 5.19. The van der Waals surface area contributed by atoms with Crippen molar-refractivity contribution in [1.82, 2.24) is 9.80 Å². The van der Waals surface area contributed by atoms with Gasteiger partial charge in [-0.2, -0.15) is 0 Å². The van der Waals surface area contributed by atoms with E-state index >= 15 is 0 Å². The van der Waals surface area contributed by atoms with Crippen molar-refractivity contribution in [2.45, 2.75) is 31.0 Å². The number of amides is 1. The van der Waals surface area contributed by atoms with Crippen LogP contribution < -0.4 is 0 Å². The number of carbonyl (C=O) groups excluding carboxylic acids is 1. The van der Waals surface area contributed by atoms with Crippen molar-refractivity contribution in [3.63, 3.8) is 0 Å². The van der Waals surface area contributed by atoms with E-state index in [-0.39, 0.29) is 37.6 Å². The summed E-state index contributed by atoms with van der Waals surface area (Å²) >= 11 is 1.41. The minimum atomic E-state index is -2.70. The summed E-state index contributed by atoms with van der Waals surface area (Å²) in [5.41, 5.74) is 1.03. The Morgan fingerprint density at radius 3 is 2.67 bits per heavy atom. The highest BCUT2D eigenvalue weighted by Gasteiger charge is 2.50. The molecule has 1 aromatic carbocycles. The lowest BCUT2D eigenvalue weighted by atomic mass is 10.1. The fourth-order valence-electron chi connectivity index (χ4n) is 3.78. The molecular formula is C20H22F2N2O2S. The number of likely N-dealkylation sites (tertiary alicyclic amines) is 2. The van der Waals surface area contributed by atoms with Gasteiger partial charge in [0, 0.05) is 31.6 Å². The second kappa shape index (κ2) is 7.66. The molecule has 1 amide bonds. The summed E-state index contributed by atoms with van der Waals surface area (Å²) in [6.07, 6.45) is -0.183. The first-order chi connectivity index (χ1) is 13.0. The number of nitrogens with zero attached hydrogens (tertiary/aromatic N) is 2. The molecule has 144 valence electrons. The Balaban J connectivity index is 1.31. The average molecular weight is 392 g/mol. The lowest BCUT2D eigenvalue weighted by molar-refractivity contribution is -0.0160. The molecule has 7 heteroatoms. The van der Waals surface area contributed by atoms with Crippen LogP contribution in [0, 0.1) is 0 Å². The van der Waals surface area contributed by atoms with Gasteiger partial charge in [0.2, 0.25) is 0 Å². The Morgan fingerprint density at radius 2 is 1.96 bits per heavy atom. The molecule has 4 rings (SSSR count). The maximum absolute atomic E-state index is 14.0. The fraction of sp³-hybridized carbons (Fsp3) is 0.450. The van der Waals surface area contributed by atoms with E-state index in [1.807, 2.05) is 46.7 Å². The molecule has 1 atom stereocenters. The SMILES string of the molecule is O=C(c1cccs1)N1CC(N2CC(F)(F)C[C@H]2COCc2ccccc2)C1.